The molecule has 8 heteroatoms. The molecule has 0 aliphatic heterocycles. The van der Waals surface area contributed by atoms with Crippen LogP contribution in [-0.4, -0.2) is 6.36 Å². The molecule has 0 unspecified atom stereocenters. The van der Waals surface area contributed by atoms with Crippen molar-refractivity contribution in [3.8, 4) is 5.75 Å². The Morgan fingerprint density at radius 3 is 2.25 bits per heavy atom. The van der Waals surface area contributed by atoms with Crippen molar-refractivity contribution in [1.82, 2.24) is 0 Å². The van der Waals surface area contributed by atoms with Gasteiger partial charge in [-0.3, -0.25) is 0 Å². The number of nitrogens with two attached hydrogens (primary N) is 1. The summed E-state index contributed by atoms with van der Waals surface area (Å²) < 4.78 is 63.6. The van der Waals surface area contributed by atoms with Crippen LogP contribution in [0.4, 0.5) is 27.6 Å². The summed E-state index contributed by atoms with van der Waals surface area (Å²) in [5.41, 5.74) is 4.18. The smallest absolute Gasteiger partial charge is 0.405 e. The molecule has 0 atom stereocenters. The lowest BCUT2D eigenvalue weighted by atomic mass is 10.2. The predicted molar refractivity (Wildman–Crippen MR) is 50.2 cm³/mol. The van der Waals surface area contributed by atoms with Gasteiger partial charge in [0.25, 0.3) is 6.43 Å². The molecule has 90 valence electrons. The third-order valence-electron chi connectivity index (χ3n) is 1.62. The van der Waals surface area contributed by atoms with Crippen LogP contribution < -0.4 is 10.5 Å². The van der Waals surface area contributed by atoms with E-state index in [4.69, 9.17) is 5.73 Å². The molecule has 0 saturated heterocycles. The Bertz CT molecular complexity index is 393. The SMILES string of the molecule is Nc1ccc(OC(F)(F)F)c(Br)c1C(F)F. The van der Waals surface area contributed by atoms with E-state index in [0.717, 1.165) is 12.1 Å². The second-order valence-corrected chi connectivity index (χ2v) is 3.52. The highest BCUT2D eigenvalue weighted by Gasteiger charge is 2.33. The van der Waals surface area contributed by atoms with Gasteiger partial charge in [0.1, 0.15) is 5.75 Å². The summed E-state index contributed by atoms with van der Waals surface area (Å²) in [6, 6.07) is 1.78. The first-order valence-electron chi connectivity index (χ1n) is 3.84. The second-order valence-electron chi connectivity index (χ2n) is 2.73. The molecule has 0 heterocycles. The first kappa shape index (κ1) is 13.0. The van der Waals surface area contributed by atoms with Gasteiger partial charge in [-0.2, -0.15) is 0 Å². The molecule has 1 aromatic rings. The topological polar surface area (TPSA) is 35.2 Å². The quantitative estimate of drug-likeness (QED) is 0.665. The van der Waals surface area contributed by atoms with E-state index in [0.29, 0.717) is 0 Å². The van der Waals surface area contributed by atoms with E-state index in [-0.39, 0.29) is 5.69 Å². The highest BCUT2D eigenvalue weighted by molar-refractivity contribution is 9.10. The molecule has 1 aromatic carbocycles. The molecule has 0 aromatic heterocycles. The van der Waals surface area contributed by atoms with Crippen LogP contribution >= 0.6 is 15.9 Å². The molecule has 16 heavy (non-hydrogen) atoms. The van der Waals surface area contributed by atoms with Crippen LogP contribution in [0.25, 0.3) is 0 Å². The molecule has 0 aliphatic carbocycles. The Labute approximate surface area is 95.3 Å². The predicted octanol–water partition coefficient (Wildman–Crippen LogP) is 3.87. The Morgan fingerprint density at radius 2 is 1.81 bits per heavy atom. The first-order valence-corrected chi connectivity index (χ1v) is 4.63. The van der Waals surface area contributed by atoms with Crippen LogP contribution in [0.2, 0.25) is 0 Å². The van der Waals surface area contributed by atoms with Crippen LogP contribution in [0.15, 0.2) is 16.6 Å². The maximum atomic E-state index is 12.5. The Morgan fingerprint density at radius 1 is 1.25 bits per heavy atom. The molecular formula is C8H5BrF5NO. The lowest BCUT2D eigenvalue weighted by Gasteiger charge is -2.14. The Hall–Kier alpha value is -1.05. The van der Waals surface area contributed by atoms with E-state index < -0.39 is 28.6 Å². The summed E-state index contributed by atoms with van der Waals surface area (Å²) in [6.45, 7) is 0. The maximum Gasteiger partial charge on any atom is 0.573 e. The minimum Gasteiger partial charge on any atom is -0.405 e. The van der Waals surface area contributed by atoms with Gasteiger partial charge in [0.05, 0.1) is 10.0 Å². The second kappa shape index (κ2) is 4.44. The molecule has 0 bridgehead atoms. The van der Waals surface area contributed by atoms with E-state index in [1.165, 1.54) is 0 Å². The van der Waals surface area contributed by atoms with Gasteiger partial charge in [-0.1, -0.05) is 0 Å². The Balaban J connectivity index is 3.19. The third kappa shape index (κ3) is 2.97. The molecule has 0 amide bonds. The highest BCUT2D eigenvalue weighted by atomic mass is 79.9. The number of rotatable bonds is 2. The normalized spacial score (nSPS) is 11.9. The van der Waals surface area contributed by atoms with E-state index in [9.17, 15) is 22.0 Å². The number of anilines is 1. The van der Waals surface area contributed by atoms with Crippen molar-refractivity contribution in [3.63, 3.8) is 0 Å². The summed E-state index contributed by atoms with van der Waals surface area (Å²) in [7, 11) is 0. The number of halogens is 6. The fourth-order valence-corrected chi connectivity index (χ4v) is 1.63. The molecule has 0 saturated carbocycles. The summed E-state index contributed by atoms with van der Waals surface area (Å²) in [4.78, 5) is 0. The van der Waals surface area contributed by atoms with E-state index >= 15 is 0 Å². The van der Waals surface area contributed by atoms with Crippen molar-refractivity contribution >= 4 is 21.6 Å². The zero-order chi connectivity index (χ0) is 12.5. The van der Waals surface area contributed by atoms with Gasteiger partial charge < -0.3 is 10.5 Å². The minimum absolute atomic E-state index is 0.309. The first-order chi connectivity index (χ1) is 7.22. The number of ether oxygens (including phenoxy) is 1. The lowest BCUT2D eigenvalue weighted by Crippen LogP contribution is -2.17. The van der Waals surface area contributed by atoms with Crippen LogP contribution in [0.1, 0.15) is 12.0 Å². The van der Waals surface area contributed by atoms with Gasteiger partial charge in [-0.05, 0) is 28.1 Å². The van der Waals surface area contributed by atoms with Crippen molar-refractivity contribution in [2.45, 2.75) is 12.8 Å². The zero-order valence-electron chi connectivity index (χ0n) is 7.49. The van der Waals surface area contributed by atoms with Crippen LogP contribution in [-0.2, 0) is 0 Å². The number of hydrogen-bond acceptors (Lipinski definition) is 2. The lowest BCUT2D eigenvalue weighted by molar-refractivity contribution is -0.275. The summed E-state index contributed by atoms with van der Waals surface area (Å²) >= 11 is 2.60. The van der Waals surface area contributed by atoms with Crippen molar-refractivity contribution in [2.24, 2.45) is 0 Å². The van der Waals surface area contributed by atoms with Crippen LogP contribution in [0.3, 0.4) is 0 Å². The van der Waals surface area contributed by atoms with Gasteiger partial charge in [0.2, 0.25) is 0 Å². The standard InChI is InChI=1S/C8H5BrF5NO/c9-6-4(16-8(12,13)14)2-1-3(15)5(6)7(10)11/h1-2,7H,15H2. The van der Waals surface area contributed by atoms with Crippen molar-refractivity contribution in [2.75, 3.05) is 5.73 Å². The number of benzene rings is 1. The minimum atomic E-state index is -4.95. The monoisotopic (exact) mass is 305 g/mol. The molecular weight excluding hydrogens is 301 g/mol. The van der Waals surface area contributed by atoms with E-state index in [1.54, 1.807) is 0 Å². The van der Waals surface area contributed by atoms with Gasteiger partial charge in [0, 0.05) is 5.69 Å². The highest BCUT2D eigenvalue weighted by Crippen LogP contribution is 2.40. The van der Waals surface area contributed by atoms with Crippen LogP contribution in [0, 0.1) is 0 Å². The molecule has 0 aliphatic rings. The zero-order valence-corrected chi connectivity index (χ0v) is 9.07. The molecule has 1 rings (SSSR count). The molecule has 0 spiro atoms. The maximum absolute atomic E-state index is 12.5. The summed E-state index contributed by atoms with van der Waals surface area (Å²) in [6.07, 6.45) is -7.94. The largest absolute Gasteiger partial charge is 0.573 e. The number of nitrogen functional groups attached to an aromatic ring is 1. The fraction of sp³-hybridized carbons (Fsp3) is 0.250. The number of alkyl halides is 5. The van der Waals surface area contributed by atoms with Crippen molar-refractivity contribution in [3.05, 3.63) is 22.2 Å². The fourth-order valence-electron chi connectivity index (χ4n) is 1.01. The van der Waals surface area contributed by atoms with Gasteiger partial charge in [-0.25, -0.2) is 8.78 Å². The number of hydrogen-bond donors (Lipinski definition) is 1. The molecule has 2 nitrogen and oxygen atoms in total. The van der Waals surface area contributed by atoms with Gasteiger partial charge >= 0.3 is 6.36 Å². The average molecular weight is 306 g/mol. The van der Waals surface area contributed by atoms with E-state index in [2.05, 4.69) is 20.7 Å². The summed E-state index contributed by atoms with van der Waals surface area (Å²) in [5, 5.41) is 0. The Kier molecular flexibility index (Phi) is 3.61. The molecule has 0 fully saturated rings. The summed E-state index contributed by atoms with van der Waals surface area (Å²) in [5.74, 6) is -0.753. The van der Waals surface area contributed by atoms with Gasteiger partial charge in [0.15, 0.2) is 0 Å². The van der Waals surface area contributed by atoms with Crippen molar-refractivity contribution < 1.29 is 26.7 Å². The third-order valence-corrected chi connectivity index (χ3v) is 2.44. The average Bonchev–Trinajstić information content (AvgIpc) is 2.07. The van der Waals surface area contributed by atoms with E-state index in [1.807, 2.05) is 0 Å². The molecule has 0 radical (unpaired) electrons. The van der Waals surface area contributed by atoms with Crippen molar-refractivity contribution in [1.29, 1.82) is 0 Å². The molecule has 2 N–H and O–H groups in total. The van der Waals surface area contributed by atoms with Crippen LogP contribution in [0.5, 0.6) is 5.75 Å². The van der Waals surface area contributed by atoms with Gasteiger partial charge in [-0.15, -0.1) is 13.2 Å².